The molecule has 0 unspecified atom stereocenters. The zero-order valence-corrected chi connectivity index (χ0v) is 10.4. The summed E-state index contributed by atoms with van der Waals surface area (Å²) in [5, 5.41) is 17.3. The highest BCUT2D eigenvalue weighted by atomic mass is 79.9. The Morgan fingerprint density at radius 2 is 2.33 bits per heavy atom. The van der Waals surface area contributed by atoms with Crippen LogP contribution in [0.25, 0.3) is 0 Å². The van der Waals surface area contributed by atoms with Gasteiger partial charge in [0, 0.05) is 10.0 Å². The number of hydrogen-bond acceptors (Lipinski definition) is 4. The Balaban J connectivity index is 2.84. The topological polar surface area (TPSA) is 71.0 Å². The lowest BCUT2D eigenvalue weighted by Crippen LogP contribution is -2.03. The normalized spacial score (nSPS) is 12.3. The molecule has 0 saturated carbocycles. The number of aromatic hydroxyl groups is 1. The number of halogens is 1. The summed E-state index contributed by atoms with van der Waals surface area (Å²) in [5.41, 5.74) is 6.02. The number of thioether (sulfide) groups is 1. The van der Waals surface area contributed by atoms with Crippen LogP contribution >= 0.6 is 27.7 Å². The number of phenolic OH excluding ortho intramolecular Hbond substituents is 1. The number of nitrogens with zero attached hydrogens (tertiary/aromatic N) is 2. The highest BCUT2D eigenvalue weighted by Crippen LogP contribution is 2.19. The lowest BCUT2D eigenvalue weighted by atomic mass is 10.2. The Morgan fingerprint density at radius 3 is 3.00 bits per heavy atom. The second-order valence-electron chi connectivity index (χ2n) is 2.59. The number of hydrogen-bond donors (Lipinski definition) is 2. The number of phenols is 1. The predicted molar refractivity (Wildman–Crippen MR) is 68.5 cm³/mol. The van der Waals surface area contributed by atoms with Gasteiger partial charge in [0.2, 0.25) is 0 Å². The molecular weight excluding hydrogens is 278 g/mol. The second-order valence-corrected chi connectivity index (χ2v) is 4.33. The van der Waals surface area contributed by atoms with Crippen molar-refractivity contribution in [3.8, 4) is 5.75 Å². The van der Waals surface area contributed by atoms with Crippen molar-refractivity contribution in [2.75, 3.05) is 6.26 Å². The average Bonchev–Trinajstić information content (AvgIpc) is 2.23. The van der Waals surface area contributed by atoms with Gasteiger partial charge in [-0.1, -0.05) is 27.7 Å². The van der Waals surface area contributed by atoms with Crippen molar-refractivity contribution < 1.29 is 5.11 Å². The van der Waals surface area contributed by atoms with Crippen LogP contribution in [0.4, 0.5) is 0 Å². The van der Waals surface area contributed by atoms with E-state index in [1.165, 1.54) is 18.0 Å². The molecule has 0 atom stereocenters. The van der Waals surface area contributed by atoms with Crippen molar-refractivity contribution in [2.24, 2.45) is 15.9 Å². The van der Waals surface area contributed by atoms with Gasteiger partial charge >= 0.3 is 0 Å². The van der Waals surface area contributed by atoms with Gasteiger partial charge in [-0.3, -0.25) is 0 Å². The fourth-order valence-corrected chi connectivity index (χ4v) is 1.33. The summed E-state index contributed by atoms with van der Waals surface area (Å²) >= 11 is 4.60. The minimum atomic E-state index is 0.153. The van der Waals surface area contributed by atoms with Crippen LogP contribution in [0.1, 0.15) is 5.56 Å². The van der Waals surface area contributed by atoms with Crippen molar-refractivity contribution in [2.45, 2.75) is 0 Å². The Morgan fingerprint density at radius 1 is 1.60 bits per heavy atom. The third-order valence-electron chi connectivity index (χ3n) is 1.55. The van der Waals surface area contributed by atoms with E-state index in [2.05, 4.69) is 26.1 Å². The summed E-state index contributed by atoms with van der Waals surface area (Å²) in [4.78, 5) is 0. The van der Waals surface area contributed by atoms with Gasteiger partial charge in [0.15, 0.2) is 5.17 Å². The molecule has 0 bridgehead atoms. The van der Waals surface area contributed by atoms with Crippen molar-refractivity contribution in [3.63, 3.8) is 0 Å². The average molecular weight is 288 g/mol. The lowest BCUT2D eigenvalue weighted by Gasteiger charge is -1.97. The van der Waals surface area contributed by atoms with Crippen LogP contribution in [0, 0.1) is 0 Å². The molecule has 0 aliphatic rings. The molecule has 6 heteroatoms. The maximum absolute atomic E-state index is 9.46. The number of nitrogens with two attached hydrogens (primary N) is 1. The van der Waals surface area contributed by atoms with Crippen LogP contribution in [0.3, 0.4) is 0 Å². The molecule has 0 amide bonds. The molecule has 0 radical (unpaired) electrons. The summed E-state index contributed by atoms with van der Waals surface area (Å²) in [6, 6.07) is 5.06. The Hall–Kier alpha value is -1.01. The second kappa shape index (κ2) is 5.77. The predicted octanol–water partition coefficient (Wildman–Crippen LogP) is 2.17. The van der Waals surface area contributed by atoms with Crippen LogP contribution in [0.15, 0.2) is 32.9 Å². The van der Waals surface area contributed by atoms with Gasteiger partial charge in [-0.2, -0.15) is 5.10 Å². The van der Waals surface area contributed by atoms with Crippen molar-refractivity contribution in [1.29, 1.82) is 0 Å². The molecular formula is C9H10BrN3OS. The molecule has 15 heavy (non-hydrogen) atoms. The van der Waals surface area contributed by atoms with Gasteiger partial charge in [-0.05, 0) is 24.5 Å². The summed E-state index contributed by atoms with van der Waals surface area (Å²) in [7, 11) is 0. The van der Waals surface area contributed by atoms with Gasteiger partial charge in [0.1, 0.15) is 5.75 Å². The molecule has 0 heterocycles. The minimum Gasteiger partial charge on any atom is -0.507 e. The van der Waals surface area contributed by atoms with Crippen LogP contribution < -0.4 is 5.73 Å². The first kappa shape index (κ1) is 12.1. The maximum atomic E-state index is 9.46. The van der Waals surface area contributed by atoms with Crippen LogP contribution in [-0.2, 0) is 0 Å². The summed E-state index contributed by atoms with van der Waals surface area (Å²) in [6.07, 6.45) is 3.26. The highest BCUT2D eigenvalue weighted by molar-refractivity contribution is 9.10. The van der Waals surface area contributed by atoms with E-state index in [4.69, 9.17) is 5.73 Å². The molecule has 1 aromatic carbocycles. The number of rotatable bonds is 2. The Bertz CT molecular complexity index is 406. The van der Waals surface area contributed by atoms with E-state index < -0.39 is 0 Å². The standard InChI is InChI=1S/C9H10BrN3OS/c1-15-9(11)13-12-5-6-4-7(10)2-3-8(6)14/h2-5,14H,1H3,(H2,11,13)/b12-5-. The monoisotopic (exact) mass is 287 g/mol. The van der Waals surface area contributed by atoms with Gasteiger partial charge in [0.05, 0.1) is 6.21 Å². The lowest BCUT2D eigenvalue weighted by molar-refractivity contribution is 0.474. The Kier molecular flexibility index (Phi) is 4.64. The molecule has 1 rings (SSSR count). The van der Waals surface area contributed by atoms with Crippen LogP contribution in [0.2, 0.25) is 0 Å². The van der Waals surface area contributed by atoms with E-state index in [0.717, 1.165) is 4.47 Å². The van der Waals surface area contributed by atoms with Gasteiger partial charge < -0.3 is 10.8 Å². The fourth-order valence-electron chi connectivity index (χ4n) is 0.818. The molecule has 0 fully saturated rings. The molecule has 3 N–H and O–H groups in total. The third-order valence-corrected chi connectivity index (χ3v) is 2.55. The Labute approximate surface area is 100 Å². The first-order valence-corrected chi connectivity index (χ1v) is 6.04. The molecule has 4 nitrogen and oxygen atoms in total. The van der Waals surface area contributed by atoms with E-state index >= 15 is 0 Å². The van der Waals surface area contributed by atoms with E-state index in [0.29, 0.717) is 10.7 Å². The van der Waals surface area contributed by atoms with Crippen LogP contribution in [0.5, 0.6) is 5.75 Å². The van der Waals surface area contributed by atoms with E-state index in [1.807, 2.05) is 6.26 Å². The van der Waals surface area contributed by atoms with Crippen LogP contribution in [-0.4, -0.2) is 22.7 Å². The number of benzene rings is 1. The SMILES string of the molecule is CS/C(N)=N/N=C\c1cc(Br)ccc1O. The number of amidine groups is 1. The van der Waals surface area contributed by atoms with E-state index in [1.54, 1.807) is 18.2 Å². The van der Waals surface area contributed by atoms with E-state index in [-0.39, 0.29) is 5.75 Å². The zero-order valence-electron chi connectivity index (χ0n) is 8.01. The highest BCUT2D eigenvalue weighted by Gasteiger charge is 1.97. The molecule has 0 saturated heterocycles. The largest absolute Gasteiger partial charge is 0.507 e. The van der Waals surface area contributed by atoms with E-state index in [9.17, 15) is 5.11 Å². The maximum Gasteiger partial charge on any atom is 0.180 e. The third kappa shape index (κ3) is 3.93. The molecule has 80 valence electrons. The summed E-state index contributed by atoms with van der Waals surface area (Å²) < 4.78 is 0.864. The summed E-state index contributed by atoms with van der Waals surface area (Å²) in [6.45, 7) is 0. The zero-order chi connectivity index (χ0) is 11.3. The first-order valence-electron chi connectivity index (χ1n) is 4.02. The molecule has 0 aliphatic carbocycles. The molecule has 0 aromatic heterocycles. The van der Waals surface area contributed by atoms with Gasteiger partial charge in [-0.25, -0.2) is 0 Å². The van der Waals surface area contributed by atoms with Gasteiger partial charge in [-0.15, -0.1) is 5.10 Å². The quantitative estimate of drug-likeness (QED) is 0.497. The van der Waals surface area contributed by atoms with Crippen molar-refractivity contribution >= 4 is 39.1 Å². The smallest absolute Gasteiger partial charge is 0.180 e. The molecule has 0 aliphatic heterocycles. The van der Waals surface area contributed by atoms with Crippen molar-refractivity contribution in [3.05, 3.63) is 28.2 Å². The summed E-state index contributed by atoms with van der Waals surface area (Å²) in [5.74, 6) is 0.153. The first-order chi connectivity index (χ1) is 7.13. The minimum absolute atomic E-state index is 0.153. The fraction of sp³-hybridized carbons (Fsp3) is 0.111. The molecule has 1 aromatic rings. The van der Waals surface area contributed by atoms with Gasteiger partial charge in [0.25, 0.3) is 0 Å². The molecule has 0 spiro atoms. The van der Waals surface area contributed by atoms with Crippen molar-refractivity contribution in [1.82, 2.24) is 0 Å².